The molecule has 23 aromatic rings. The lowest BCUT2D eigenvalue weighted by molar-refractivity contribution is 0.635. The molecule has 7 aromatic heterocycles. The Hall–Kier alpha value is -13.8. The van der Waals surface area contributed by atoms with Crippen LogP contribution in [-0.4, -0.2) is 13.7 Å². The van der Waals surface area contributed by atoms with Crippen molar-refractivity contribution in [2.24, 2.45) is 0 Å². The van der Waals surface area contributed by atoms with Gasteiger partial charge >= 0.3 is 0 Å². The number of thiophene rings is 2. The smallest absolute Gasteiger partial charge is 0.159 e. The van der Waals surface area contributed by atoms with E-state index in [-0.39, 0.29) is 0 Å². The molecule has 0 radical (unpaired) electrons. The quantitative estimate of drug-likeness (QED) is 0.145. The Balaban J connectivity index is 0.000000104. The standard InChI is InChI=1S/C38H25NS.C32H19NO2.C32H21NS/c1-4-12-26(13-5-1)27-20-22-30(23-21-27)39-33-19-11-10-18-31(33)36-34(39)25-24-32-35(28-14-6-2-7-15-28)37(40-38(32)36)29-16-8-3-9-17-29;1-2-9-20(10-3-1)29-19-21-17-18-26-30(31(21)35-29)24-12-4-6-14-25(24)33(26)27-15-8-13-23-22-11-5-7-16-28(22)34-32(23)27;1-4-12-22(13-5-1)29-26-20-21-28-30(32(26)34-31(29)23-14-6-2-7-15-23)25-18-10-11-19-27(25)33(28)24-16-8-3-9-17-24/h1-25H;1-19H;1-21H. The molecule has 7 heteroatoms. The lowest BCUT2D eigenvalue weighted by Gasteiger charge is -2.10. The van der Waals surface area contributed by atoms with E-state index in [1.807, 2.05) is 53.0 Å². The molecule has 0 aliphatic rings. The Labute approximate surface area is 636 Å². The van der Waals surface area contributed by atoms with Gasteiger partial charge in [0.05, 0.1) is 44.2 Å². The third-order valence-corrected chi connectivity index (χ3v) is 24.0. The molecule has 0 aliphatic carbocycles. The number of furan rings is 2. The number of para-hydroxylation sites is 6. The maximum absolute atomic E-state index is 6.52. The second kappa shape index (κ2) is 26.6. The van der Waals surface area contributed by atoms with Gasteiger partial charge in [-0.1, -0.05) is 309 Å². The molecule has 0 unspecified atom stereocenters. The highest BCUT2D eigenvalue weighted by atomic mass is 32.1. The third kappa shape index (κ3) is 10.7. The monoisotopic (exact) mass is 1430 g/mol. The minimum Gasteiger partial charge on any atom is -0.455 e. The van der Waals surface area contributed by atoms with Gasteiger partial charge in [-0.3, -0.25) is 0 Å². The summed E-state index contributed by atoms with van der Waals surface area (Å²) in [7, 11) is 0. The second-order valence-electron chi connectivity index (χ2n) is 27.7. The first-order chi connectivity index (χ1) is 54.1. The molecule has 23 rings (SSSR count). The number of aromatic nitrogens is 3. The number of rotatable bonds is 9. The molecule has 0 amide bonds. The number of fused-ring (bicyclic) bond motifs is 18. The van der Waals surface area contributed by atoms with E-state index in [0.717, 1.165) is 71.7 Å². The van der Waals surface area contributed by atoms with Crippen molar-refractivity contribution in [3.8, 4) is 82.6 Å². The molecule has 0 saturated heterocycles. The van der Waals surface area contributed by atoms with Crippen LogP contribution in [0.4, 0.5) is 0 Å². The summed E-state index contributed by atoms with van der Waals surface area (Å²) in [5.74, 6) is 0.879. The van der Waals surface area contributed by atoms with Crippen molar-refractivity contribution in [3.05, 3.63) is 394 Å². The highest BCUT2D eigenvalue weighted by Crippen LogP contribution is 2.52. The van der Waals surface area contributed by atoms with Crippen molar-refractivity contribution in [1.29, 1.82) is 0 Å². The van der Waals surface area contributed by atoms with Crippen molar-refractivity contribution in [2.75, 3.05) is 0 Å². The van der Waals surface area contributed by atoms with E-state index < -0.39 is 0 Å². The number of hydrogen-bond acceptors (Lipinski definition) is 4. The predicted octanol–water partition coefficient (Wildman–Crippen LogP) is 29.4. The van der Waals surface area contributed by atoms with Crippen LogP contribution in [0.2, 0.25) is 0 Å². The predicted molar refractivity (Wildman–Crippen MR) is 463 cm³/mol. The lowest BCUT2D eigenvalue weighted by Crippen LogP contribution is -1.94. The molecule has 0 aliphatic heterocycles. The summed E-state index contributed by atoms with van der Waals surface area (Å²) in [5.41, 5.74) is 24.5. The highest BCUT2D eigenvalue weighted by molar-refractivity contribution is 7.24. The van der Waals surface area contributed by atoms with E-state index in [4.69, 9.17) is 8.83 Å². The van der Waals surface area contributed by atoms with Crippen LogP contribution in [-0.2, 0) is 0 Å². The Bertz CT molecular complexity index is 7350. The first-order valence-corrected chi connectivity index (χ1v) is 38.6. The van der Waals surface area contributed by atoms with Crippen LogP contribution in [0.5, 0.6) is 0 Å². The molecule has 0 N–H and O–H groups in total. The normalized spacial score (nSPS) is 11.7. The number of nitrogens with zero attached hydrogens (tertiary/aromatic N) is 3. The van der Waals surface area contributed by atoms with E-state index >= 15 is 0 Å². The topological polar surface area (TPSA) is 41.1 Å². The fraction of sp³-hybridized carbons (Fsp3) is 0. The molecule has 512 valence electrons. The maximum atomic E-state index is 6.52. The van der Waals surface area contributed by atoms with Gasteiger partial charge in [0.2, 0.25) is 0 Å². The zero-order valence-corrected chi connectivity index (χ0v) is 60.6. The van der Waals surface area contributed by atoms with E-state index in [2.05, 4.69) is 378 Å². The summed E-state index contributed by atoms with van der Waals surface area (Å²) >= 11 is 3.82. The highest BCUT2D eigenvalue weighted by Gasteiger charge is 2.26. The van der Waals surface area contributed by atoms with Crippen molar-refractivity contribution >= 4 is 141 Å². The van der Waals surface area contributed by atoms with Gasteiger partial charge in [-0.15, -0.1) is 22.7 Å². The molecule has 109 heavy (non-hydrogen) atoms. The van der Waals surface area contributed by atoms with Crippen molar-refractivity contribution in [3.63, 3.8) is 0 Å². The Morgan fingerprint density at radius 2 is 0.606 bits per heavy atom. The van der Waals surface area contributed by atoms with Crippen LogP contribution in [0, 0.1) is 0 Å². The molecular weight excluding hydrogens is 1360 g/mol. The average Bonchev–Trinajstić information content (AvgIpc) is 1.57. The van der Waals surface area contributed by atoms with Crippen LogP contribution in [0.25, 0.3) is 201 Å². The Morgan fingerprint density at radius 1 is 0.220 bits per heavy atom. The summed E-state index contributed by atoms with van der Waals surface area (Å²) in [5, 5.41) is 13.5. The van der Waals surface area contributed by atoms with Crippen LogP contribution in [0.3, 0.4) is 0 Å². The van der Waals surface area contributed by atoms with E-state index in [1.54, 1.807) is 0 Å². The van der Waals surface area contributed by atoms with Crippen molar-refractivity contribution in [2.45, 2.75) is 0 Å². The molecule has 0 spiro atoms. The average molecular weight is 1430 g/mol. The molecule has 0 atom stereocenters. The van der Waals surface area contributed by atoms with Gasteiger partial charge in [0.25, 0.3) is 0 Å². The SMILES string of the molecule is c1ccc(-c2cc3ccc4c(c5ccccc5n4-c4cccc5c4oc4ccccc45)c3o2)cc1.c1ccc(-c2ccc(-n3c4ccccc4c4c5sc(-c6ccccc6)c(-c6ccccc6)c5ccc43)cc2)cc1.c1ccc(-c2sc3c(ccc4c3c3ccccc3n4-c3ccccc3)c2-c2ccccc2)cc1. The van der Waals surface area contributed by atoms with E-state index in [9.17, 15) is 0 Å². The van der Waals surface area contributed by atoms with Gasteiger partial charge in [-0.2, -0.15) is 0 Å². The minimum atomic E-state index is 0.879. The summed E-state index contributed by atoms with van der Waals surface area (Å²) in [6, 6.07) is 140. The Kier molecular flexibility index (Phi) is 15.6. The zero-order chi connectivity index (χ0) is 71.9. The first-order valence-electron chi connectivity index (χ1n) is 37.0. The molecule has 7 heterocycles. The summed E-state index contributed by atoms with van der Waals surface area (Å²) < 4.78 is 22.7. The van der Waals surface area contributed by atoms with Gasteiger partial charge in [0, 0.05) is 101 Å². The zero-order valence-electron chi connectivity index (χ0n) is 59.0. The van der Waals surface area contributed by atoms with Gasteiger partial charge in [0.1, 0.15) is 16.9 Å². The molecule has 0 saturated carbocycles. The lowest BCUT2D eigenvalue weighted by atomic mass is 9.98. The van der Waals surface area contributed by atoms with Gasteiger partial charge in [-0.25, -0.2) is 0 Å². The summed E-state index contributed by atoms with van der Waals surface area (Å²) in [6.07, 6.45) is 0. The first kappa shape index (κ1) is 63.6. The molecule has 0 bridgehead atoms. The third-order valence-electron chi connectivity index (χ3n) is 21.4. The van der Waals surface area contributed by atoms with Crippen LogP contribution >= 0.6 is 22.7 Å². The second-order valence-corrected chi connectivity index (χ2v) is 29.7. The number of hydrogen-bond donors (Lipinski definition) is 0. The van der Waals surface area contributed by atoms with Gasteiger partial charge in [0.15, 0.2) is 5.58 Å². The molecule has 0 fully saturated rings. The number of benzene rings is 16. The van der Waals surface area contributed by atoms with Crippen molar-refractivity contribution < 1.29 is 8.83 Å². The fourth-order valence-corrected chi connectivity index (χ4v) is 19.4. The van der Waals surface area contributed by atoms with Gasteiger partial charge < -0.3 is 22.5 Å². The van der Waals surface area contributed by atoms with Crippen molar-refractivity contribution in [1.82, 2.24) is 13.7 Å². The summed E-state index contributed by atoms with van der Waals surface area (Å²) in [6.45, 7) is 0. The molecule has 16 aromatic carbocycles. The fourth-order valence-electron chi connectivity index (χ4n) is 16.6. The van der Waals surface area contributed by atoms with E-state index in [1.165, 1.54) is 129 Å². The van der Waals surface area contributed by atoms with Crippen LogP contribution in [0.15, 0.2) is 403 Å². The van der Waals surface area contributed by atoms with E-state index in [0.29, 0.717) is 0 Å². The molecular formula is C102H65N3O2S2. The Morgan fingerprint density at radius 3 is 1.13 bits per heavy atom. The van der Waals surface area contributed by atoms with Crippen LogP contribution < -0.4 is 0 Å². The minimum absolute atomic E-state index is 0.879. The van der Waals surface area contributed by atoms with Gasteiger partial charge in [-0.05, 0) is 118 Å². The summed E-state index contributed by atoms with van der Waals surface area (Å²) in [4.78, 5) is 2.64. The van der Waals surface area contributed by atoms with Crippen LogP contribution in [0.1, 0.15) is 0 Å². The largest absolute Gasteiger partial charge is 0.455 e. The molecule has 5 nitrogen and oxygen atoms in total. The maximum Gasteiger partial charge on any atom is 0.159 e.